The Hall–Kier alpha value is -1.87. The molecule has 0 saturated heterocycles. The Labute approximate surface area is 104 Å². The molecule has 2 N–H and O–H groups in total. The van der Waals surface area contributed by atoms with E-state index in [0.29, 0.717) is 0 Å². The molecule has 0 fully saturated rings. The minimum absolute atomic E-state index is 0.0750. The molecule has 0 bridgehead atoms. The van der Waals surface area contributed by atoms with Crippen LogP contribution in [0.2, 0.25) is 0 Å². The molecule has 1 aromatic rings. The molecule has 8 nitrogen and oxygen atoms in total. The largest absolute Gasteiger partial charge is 0.496 e. The van der Waals surface area contributed by atoms with Gasteiger partial charge in [-0.3, -0.25) is 10.1 Å². The second kappa shape index (κ2) is 5.19. The molecule has 0 spiro atoms. The van der Waals surface area contributed by atoms with E-state index >= 15 is 0 Å². The number of nitro benzene ring substituents is 1. The van der Waals surface area contributed by atoms with E-state index in [0.717, 1.165) is 6.07 Å². The molecule has 0 saturated carbocycles. The monoisotopic (exact) mass is 276 g/mol. The summed E-state index contributed by atoms with van der Waals surface area (Å²) in [5, 5.41) is 15.8. The van der Waals surface area contributed by atoms with E-state index < -0.39 is 20.7 Å². The van der Waals surface area contributed by atoms with Gasteiger partial charge in [0.15, 0.2) is 0 Å². The van der Waals surface area contributed by atoms with Crippen LogP contribution in [0.4, 0.5) is 5.69 Å². The molecule has 1 aromatic carbocycles. The summed E-state index contributed by atoms with van der Waals surface area (Å²) in [7, 11) is -1.31. The minimum atomic E-state index is -3.84. The summed E-state index contributed by atoms with van der Waals surface area (Å²) in [6, 6.07) is 2.47. The van der Waals surface area contributed by atoms with Gasteiger partial charge in [-0.15, -0.1) is 0 Å². The molecule has 0 unspecified atom stereocenters. The first-order valence-electron chi connectivity index (χ1n) is 4.68. The fraction of sp³-hybridized carbons (Fsp3) is 0.333. The van der Waals surface area contributed by atoms with Gasteiger partial charge in [0.05, 0.1) is 31.0 Å². The number of methoxy groups -OCH3 is 2. The van der Waals surface area contributed by atoms with Crippen molar-refractivity contribution in [3.8, 4) is 11.5 Å². The standard InChI is InChI=1S/C9H12N2O6S/c1-16-7-3-6(5-18(10,14)15)9(17-2)8(4-7)11(12)13/h3-4H,5H2,1-2H3,(H2,10,14,15). The van der Waals surface area contributed by atoms with Crippen LogP contribution in [-0.2, 0) is 15.8 Å². The van der Waals surface area contributed by atoms with E-state index in [9.17, 15) is 18.5 Å². The van der Waals surface area contributed by atoms with Crippen molar-refractivity contribution < 1.29 is 22.8 Å². The number of rotatable bonds is 5. The molecule has 9 heteroatoms. The molecule has 0 atom stereocenters. The fourth-order valence-electron chi connectivity index (χ4n) is 1.46. The number of nitrogens with two attached hydrogens (primary N) is 1. The lowest BCUT2D eigenvalue weighted by atomic mass is 10.2. The zero-order valence-electron chi connectivity index (χ0n) is 9.74. The fourth-order valence-corrected chi connectivity index (χ4v) is 2.10. The van der Waals surface area contributed by atoms with Gasteiger partial charge in [-0.2, -0.15) is 0 Å². The van der Waals surface area contributed by atoms with Crippen LogP contribution in [0.3, 0.4) is 0 Å². The van der Waals surface area contributed by atoms with Gasteiger partial charge in [-0.05, 0) is 6.07 Å². The Balaban J connectivity index is 3.47. The number of nitrogens with zero attached hydrogens (tertiary/aromatic N) is 1. The average Bonchev–Trinajstić information content (AvgIpc) is 2.25. The second-order valence-electron chi connectivity index (χ2n) is 3.40. The second-order valence-corrected chi connectivity index (χ2v) is 5.02. The van der Waals surface area contributed by atoms with E-state index in [1.54, 1.807) is 0 Å². The van der Waals surface area contributed by atoms with Crippen LogP contribution in [0.1, 0.15) is 5.56 Å². The SMILES string of the molecule is COc1cc(CS(N)(=O)=O)c(OC)c([N+](=O)[O-])c1. The van der Waals surface area contributed by atoms with Crippen LogP contribution >= 0.6 is 0 Å². The van der Waals surface area contributed by atoms with Gasteiger partial charge in [0.25, 0.3) is 0 Å². The Kier molecular flexibility index (Phi) is 4.09. The third kappa shape index (κ3) is 3.31. The van der Waals surface area contributed by atoms with Gasteiger partial charge in [0, 0.05) is 5.56 Å². The summed E-state index contributed by atoms with van der Waals surface area (Å²) >= 11 is 0. The first kappa shape index (κ1) is 14.2. The zero-order valence-corrected chi connectivity index (χ0v) is 10.6. The Morgan fingerprint density at radius 3 is 2.33 bits per heavy atom. The molecule has 0 heterocycles. The maximum absolute atomic E-state index is 11.1. The number of benzene rings is 1. The van der Waals surface area contributed by atoms with Gasteiger partial charge in [0.1, 0.15) is 5.75 Å². The normalized spacial score (nSPS) is 11.1. The summed E-state index contributed by atoms with van der Waals surface area (Å²) in [6.07, 6.45) is 0. The number of nitro groups is 1. The highest BCUT2D eigenvalue weighted by molar-refractivity contribution is 7.88. The van der Waals surface area contributed by atoms with E-state index in [4.69, 9.17) is 14.6 Å². The average molecular weight is 276 g/mol. The van der Waals surface area contributed by atoms with E-state index in [1.165, 1.54) is 20.3 Å². The van der Waals surface area contributed by atoms with Crippen molar-refractivity contribution in [1.82, 2.24) is 0 Å². The molecular formula is C9H12N2O6S. The van der Waals surface area contributed by atoms with Crippen molar-refractivity contribution >= 4 is 15.7 Å². The van der Waals surface area contributed by atoms with Gasteiger partial charge < -0.3 is 9.47 Å². The van der Waals surface area contributed by atoms with Crippen LogP contribution in [0.5, 0.6) is 11.5 Å². The summed E-state index contributed by atoms with van der Waals surface area (Å²) in [5.41, 5.74) is -0.304. The molecule has 0 aliphatic heterocycles. The number of hydrogen-bond donors (Lipinski definition) is 1. The molecule has 0 aromatic heterocycles. The van der Waals surface area contributed by atoms with Crippen molar-refractivity contribution in [3.63, 3.8) is 0 Å². The first-order valence-corrected chi connectivity index (χ1v) is 6.39. The number of hydrogen-bond acceptors (Lipinski definition) is 6. The van der Waals surface area contributed by atoms with E-state index in [-0.39, 0.29) is 22.7 Å². The van der Waals surface area contributed by atoms with E-state index in [1.807, 2.05) is 0 Å². The van der Waals surface area contributed by atoms with Crippen molar-refractivity contribution in [3.05, 3.63) is 27.8 Å². The summed E-state index contributed by atoms with van der Waals surface area (Å²) in [5.74, 6) is -0.565. The third-order valence-corrected chi connectivity index (χ3v) is 2.83. The molecule has 18 heavy (non-hydrogen) atoms. The Morgan fingerprint density at radius 2 is 1.94 bits per heavy atom. The van der Waals surface area contributed by atoms with Gasteiger partial charge in [-0.25, -0.2) is 13.6 Å². The lowest BCUT2D eigenvalue weighted by molar-refractivity contribution is -0.385. The van der Waals surface area contributed by atoms with Crippen molar-refractivity contribution in [1.29, 1.82) is 0 Å². The highest BCUT2D eigenvalue weighted by Crippen LogP contribution is 2.35. The Morgan fingerprint density at radius 1 is 1.33 bits per heavy atom. The van der Waals surface area contributed by atoms with E-state index in [2.05, 4.69) is 0 Å². The molecule has 0 amide bonds. The number of sulfonamides is 1. The van der Waals surface area contributed by atoms with Gasteiger partial charge in [-0.1, -0.05) is 0 Å². The smallest absolute Gasteiger partial charge is 0.314 e. The maximum Gasteiger partial charge on any atom is 0.314 e. The lowest BCUT2D eigenvalue weighted by Crippen LogP contribution is -2.15. The topological polar surface area (TPSA) is 122 Å². The minimum Gasteiger partial charge on any atom is -0.496 e. The maximum atomic E-state index is 11.1. The predicted octanol–water partition coefficient (Wildman–Crippen LogP) is 0.401. The lowest BCUT2D eigenvalue weighted by Gasteiger charge is -2.10. The van der Waals surface area contributed by atoms with Crippen molar-refractivity contribution in [2.75, 3.05) is 14.2 Å². The molecule has 0 radical (unpaired) electrons. The van der Waals surface area contributed by atoms with Crippen LogP contribution in [0, 0.1) is 10.1 Å². The highest BCUT2D eigenvalue weighted by atomic mass is 32.2. The van der Waals surface area contributed by atoms with Crippen LogP contribution in [0.15, 0.2) is 12.1 Å². The first-order chi connectivity index (χ1) is 8.28. The summed E-state index contributed by atoms with van der Waals surface area (Å²) in [6.45, 7) is 0. The molecule has 0 aliphatic carbocycles. The summed E-state index contributed by atoms with van der Waals surface area (Å²) < 4.78 is 31.9. The number of primary sulfonamides is 1. The molecule has 1 rings (SSSR count). The van der Waals surface area contributed by atoms with Gasteiger partial charge >= 0.3 is 5.69 Å². The third-order valence-electron chi connectivity index (χ3n) is 2.11. The van der Waals surface area contributed by atoms with Crippen LogP contribution < -0.4 is 14.6 Å². The van der Waals surface area contributed by atoms with Crippen LogP contribution in [0.25, 0.3) is 0 Å². The molecule has 100 valence electrons. The molecular weight excluding hydrogens is 264 g/mol. The van der Waals surface area contributed by atoms with Crippen LogP contribution in [-0.4, -0.2) is 27.6 Å². The Bertz CT molecular complexity index is 569. The van der Waals surface area contributed by atoms with Crippen molar-refractivity contribution in [2.24, 2.45) is 5.14 Å². The predicted molar refractivity (Wildman–Crippen MR) is 63.0 cm³/mol. The van der Waals surface area contributed by atoms with Crippen molar-refractivity contribution in [2.45, 2.75) is 5.75 Å². The molecule has 0 aliphatic rings. The number of ether oxygens (including phenoxy) is 2. The highest BCUT2D eigenvalue weighted by Gasteiger charge is 2.23. The zero-order chi connectivity index (χ0) is 13.9. The quantitative estimate of drug-likeness (QED) is 0.613. The van der Waals surface area contributed by atoms with Gasteiger partial charge in [0.2, 0.25) is 15.8 Å². The summed E-state index contributed by atoms with van der Waals surface area (Å²) in [4.78, 5) is 10.2.